The molecule has 0 aromatic heterocycles. The highest BCUT2D eigenvalue weighted by atomic mass is 79.9. The molecule has 0 aliphatic rings. The number of benzene rings is 1. The second-order valence-electron chi connectivity index (χ2n) is 3.68. The van der Waals surface area contributed by atoms with Gasteiger partial charge in [0.05, 0.1) is 0 Å². The van der Waals surface area contributed by atoms with Crippen LogP contribution < -0.4 is 5.32 Å². The lowest BCUT2D eigenvalue weighted by Crippen LogP contribution is -2.27. The van der Waals surface area contributed by atoms with Gasteiger partial charge >= 0.3 is 0 Å². The summed E-state index contributed by atoms with van der Waals surface area (Å²) >= 11 is 11.5. The minimum absolute atomic E-state index is 0.518. The van der Waals surface area contributed by atoms with Gasteiger partial charge in [0.25, 0.3) is 0 Å². The third kappa shape index (κ3) is 5.09. The molecule has 0 aliphatic carbocycles. The van der Waals surface area contributed by atoms with Gasteiger partial charge < -0.3 is 5.32 Å². The fraction of sp³-hybridized carbons (Fsp3) is 0.500. The van der Waals surface area contributed by atoms with Gasteiger partial charge in [0.15, 0.2) is 0 Å². The van der Waals surface area contributed by atoms with Crippen molar-refractivity contribution in [2.45, 2.75) is 26.4 Å². The predicted molar refractivity (Wildman–Crippen MR) is 78.5 cm³/mol. The van der Waals surface area contributed by atoms with E-state index in [1.807, 2.05) is 23.9 Å². The first-order valence-corrected chi connectivity index (χ1v) is 7.71. The lowest BCUT2D eigenvalue weighted by atomic mass is 10.2. The Bertz CT molecular complexity index is 333. The zero-order valence-corrected chi connectivity index (χ0v) is 12.8. The minimum atomic E-state index is 0.518. The first kappa shape index (κ1) is 14.4. The highest BCUT2D eigenvalue weighted by molar-refractivity contribution is 9.10. The summed E-state index contributed by atoms with van der Waals surface area (Å²) in [6.07, 6.45) is 0. The van der Waals surface area contributed by atoms with Gasteiger partial charge in [-0.05, 0) is 30.4 Å². The molecule has 90 valence electrons. The van der Waals surface area contributed by atoms with Crippen LogP contribution in [0.25, 0.3) is 0 Å². The van der Waals surface area contributed by atoms with Gasteiger partial charge in [-0.3, -0.25) is 0 Å². The number of hydrogen-bond donors (Lipinski definition) is 1. The average Bonchev–Trinajstić information content (AvgIpc) is 2.25. The van der Waals surface area contributed by atoms with Crippen molar-refractivity contribution in [3.63, 3.8) is 0 Å². The van der Waals surface area contributed by atoms with Gasteiger partial charge in [-0.25, -0.2) is 0 Å². The molecule has 1 nitrogen and oxygen atoms in total. The lowest BCUT2D eigenvalue weighted by Gasteiger charge is -2.13. The van der Waals surface area contributed by atoms with Crippen molar-refractivity contribution >= 4 is 39.3 Å². The van der Waals surface area contributed by atoms with Crippen LogP contribution in [0.5, 0.6) is 0 Å². The SMILES string of the molecule is CCSCC(C)NCc1ccc(Br)cc1Cl. The van der Waals surface area contributed by atoms with Crippen LogP contribution in [-0.2, 0) is 6.54 Å². The Balaban J connectivity index is 2.42. The molecule has 0 bridgehead atoms. The first-order valence-electron chi connectivity index (χ1n) is 5.38. The van der Waals surface area contributed by atoms with E-state index in [4.69, 9.17) is 11.6 Å². The van der Waals surface area contributed by atoms with Gasteiger partial charge in [0.2, 0.25) is 0 Å². The van der Waals surface area contributed by atoms with Crippen molar-refractivity contribution in [3.05, 3.63) is 33.3 Å². The second kappa shape index (κ2) is 7.59. The Labute approximate surface area is 115 Å². The van der Waals surface area contributed by atoms with Gasteiger partial charge in [-0.2, -0.15) is 11.8 Å². The van der Waals surface area contributed by atoms with Crippen molar-refractivity contribution in [3.8, 4) is 0 Å². The van der Waals surface area contributed by atoms with Crippen LogP contribution in [0.2, 0.25) is 5.02 Å². The van der Waals surface area contributed by atoms with Gasteiger partial charge in [0.1, 0.15) is 0 Å². The molecule has 1 aromatic rings. The van der Waals surface area contributed by atoms with E-state index in [0.29, 0.717) is 6.04 Å². The summed E-state index contributed by atoms with van der Waals surface area (Å²) in [5.41, 5.74) is 1.15. The molecular formula is C12H17BrClNS. The Hall–Kier alpha value is 0.300. The highest BCUT2D eigenvalue weighted by Gasteiger charge is 2.04. The summed E-state index contributed by atoms with van der Waals surface area (Å²) in [6, 6.07) is 6.53. The van der Waals surface area contributed by atoms with E-state index >= 15 is 0 Å². The summed E-state index contributed by atoms with van der Waals surface area (Å²) < 4.78 is 1.02. The monoisotopic (exact) mass is 321 g/mol. The third-order valence-corrected chi connectivity index (χ3v) is 4.22. The molecule has 0 saturated carbocycles. The standard InChI is InChI=1S/C12H17BrClNS/c1-3-16-8-9(2)15-7-10-4-5-11(13)6-12(10)14/h4-6,9,15H,3,7-8H2,1-2H3. The molecule has 4 heteroatoms. The largest absolute Gasteiger partial charge is 0.309 e. The second-order valence-corrected chi connectivity index (χ2v) is 6.32. The summed E-state index contributed by atoms with van der Waals surface area (Å²) in [7, 11) is 0. The van der Waals surface area contributed by atoms with Crippen molar-refractivity contribution in [2.24, 2.45) is 0 Å². The molecule has 1 aromatic carbocycles. The van der Waals surface area contributed by atoms with E-state index in [2.05, 4.69) is 41.2 Å². The Morgan fingerprint density at radius 2 is 2.25 bits per heavy atom. The maximum atomic E-state index is 6.14. The van der Waals surface area contributed by atoms with Gasteiger partial charge in [-0.15, -0.1) is 0 Å². The normalized spacial score (nSPS) is 12.8. The zero-order chi connectivity index (χ0) is 12.0. The van der Waals surface area contributed by atoms with Crippen LogP contribution in [0.1, 0.15) is 19.4 Å². The lowest BCUT2D eigenvalue weighted by molar-refractivity contribution is 0.596. The van der Waals surface area contributed by atoms with Crippen LogP contribution >= 0.6 is 39.3 Å². The molecule has 0 radical (unpaired) electrons. The Morgan fingerprint density at radius 3 is 2.88 bits per heavy atom. The molecule has 16 heavy (non-hydrogen) atoms. The fourth-order valence-corrected chi connectivity index (χ4v) is 2.75. The number of rotatable bonds is 6. The molecule has 0 saturated heterocycles. The van der Waals surface area contributed by atoms with Crippen molar-refractivity contribution in [1.29, 1.82) is 0 Å². The highest BCUT2D eigenvalue weighted by Crippen LogP contribution is 2.21. The van der Waals surface area contributed by atoms with Crippen molar-refractivity contribution in [2.75, 3.05) is 11.5 Å². The number of halogens is 2. The molecule has 0 heterocycles. The molecule has 1 unspecified atom stereocenters. The topological polar surface area (TPSA) is 12.0 Å². The predicted octanol–water partition coefficient (Wildman–Crippen LogP) is 4.33. The van der Waals surface area contributed by atoms with Gasteiger partial charge in [-0.1, -0.05) is 40.5 Å². The molecule has 1 N–H and O–H groups in total. The third-order valence-electron chi connectivity index (χ3n) is 2.23. The van der Waals surface area contributed by atoms with Gasteiger partial charge in [0, 0.05) is 27.8 Å². The van der Waals surface area contributed by atoms with E-state index in [9.17, 15) is 0 Å². The first-order chi connectivity index (χ1) is 7.63. The molecule has 0 spiro atoms. The maximum Gasteiger partial charge on any atom is 0.0462 e. The van der Waals surface area contributed by atoms with E-state index in [1.54, 1.807) is 0 Å². The summed E-state index contributed by atoms with van der Waals surface area (Å²) in [6.45, 7) is 5.22. The number of hydrogen-bond acceptors (Lipinski definition) is 2. The van der Waals surface area contributed by atoms with E-state index < -0.39 is 0 Å². The van der Waals surface area contributed by atoms with E-state index in [-0.39, 0.29) is 0 Å². The zero-order valence-electron chi connectivity index (χ0n) is 9.59. The molecule has 1 rings (SSSR count). The van der Waals surface area contributed by atoms with Crippen LogP contribution in [0.4, 0.5) is 0 Å². The van der Waals surface area contributed by atoms with Crippen molar-refractivity contribution in [1.82, 2.24) is 5.32 Å². The molecule has 1 atom stereocenters. The summed E-state index contributed by atoms with van der Waals surface area (Å²) in [4.78, 5) is 0. The molecule has 0 amide bonds. The average molecular weight is 323 g/mol. The number of thioether (sulfide) groups is 1. The molecule has 0 aliphatic heterocycles. The Morgan fingerprint density at radius 1 is 1.50 bits per heavy atom. The quantitative estimate of drug-likeness (QED) is 0.836. The molecule has 0 fully saturated rings. The summed E-state index contributed by atoms with van der Waals surface area (Å²) in [5.74, 6) is 2.32. The van der Waals surface area contributed by atoms with Crippen LogP contribution in [0.15, 0.2) is 22.7 Å². The summed E-state index contributed by atoms with van der Waals surface area (Å²) in [5, 5.41) is 4.29. The van der Waals surface area contributed by atoms with Crippen molar-refractivity contribution < 1.29 is 0 Å². The molecular weight excluding hydrogens is 306 g/mol. The van der Waals surface area contributed by atoms with E-state index in [0.717, 1.165) is 27.4 Å². The van der Waals surface area contributed by atoms with Crippen LogP contribution in [0.3, 0.4) is 0 Å². The smallest absolute Gasteiger partial charge is 0.0462 e. The van der Waals surface area contributed by atoms with Crippen LogP contribution in [-0.4, -0.2) is 17.5 Å². The van der Waals surface area contributed by atoms with E-state index in [1.165, 1.54) is 5.75 Å². The minimum Gasteiger partial charge on any atom is -0.309 e. The number of nitrogens with one attached hydrogen (secondary N) is 1. The van der Waals surface area contributed by atoms with Crippen LogP contribution in [0, 0.1) is 0 Å². The maximum absolute atomic E-state index is 6.14. The fourth-order valence-electron chi connectivity index (χ4n) is 1.30. The Kier molecular flexibility index (Phi) is 6.81.